The van der Waals surface area contributed by atoms with Gasteiger partial charge < -0.3 is 10.1 Å². The second-order valence-corrected chi connectivity index (χ2v) is 6.77. The Balaban J connectivity index is 1.64. The molecule has 30 heavy (non-hydrogen) atoms. The number of carbonyl (C=O) groups excluding carboxylic acids is 3. The van der Waals surface area contributed by atoms with Gasteiger partial charge in [0.05, 0.1) is 11.6 Å². The van der Waals surface area contributed by atoms with Crippen LogP contribution in [0, 0.1) is 0 Å². The lowest BCUT2D eigenvalue weighted by atomic mass is 9.97. The molecule has 1 N–H and O–H groups in total. The molecule has 0 saturated heterocycles. The molecule has 0 unspecified atom stereocenters. The number of rotatable bonds is 8. The quantitative estimate of drug-likeness (QED) is 0.442. The van der Waals surface area contributed by atoms with Gasteiger partial charge in [0.2, 0.25) is 0 Å². The van der Waals surface area contributed by atoms with Crippen LogP contribution >= 0.6 is 0 Å². The zero-order valence-corrected chi connectivity index (χ0v) is 16.7. The lowest BCUT2D eigenvalue weighted by Gasteiger charge is -2.15. The first-order chi connectivity index (χ1) is 14.6. The van der Waals surface area contributed by atoms with Crippen LogP contribution < -0.4 is 5.32 Å². The Morgan fingerprint density at radius 2 is 1.43 bits per heavy atom. The fourth-order valence-electron chi connectivity index (χ4n) is 3.18. The number of ether oxygens (including phenoxy) is 1. The number of amides is 1. The van der Waals surface area contributed by atoms with Gasteiger partial charge in [-0.3, -0.25) is 14.4 Å². The van der Waals surface area contributed by atoms with Gasteiger partial charge in [0.25, 0.3) is 5.91 Å². The van der Waals surface area contributed by atoms with Crippen LogP contribution in [0.25, 0.3) is 0 Å². The van der Waals surface area contributed by atoms with Crippen LogP contribution in [0.3, 0.4) is 0 Å². The van der Waals surface area contributed by atoms with E-state index in [1.54, 1.807) is 48.5 Å². The summed E-state index contributed by atoms with van der Waals surface area (Å²) in [7, 11) is 0. The molecule has 152 valence electrons. The van der Waals surface area contributed by atoms with E-state index in [4.69, 9.17) is 4.74 Å². The Morgan fingerprint density at radius 3 is 2.10 bits per heavy atom. The molecular formula is C25H23NO4. The van der Waals surface area contributed by atoms with E-state index in [-0.39, 0.29) is 5.78 Å². The van der Waals surface area contributed by atoms with E-state index in [1.807, 2.05) is 43.3 Å². The van der Waals surface area contributed by atoms with E-state index in [0.717, 1.165) is 5.56 Å². The Kier molecular flexibility index (Phi) is 7.11. The summed E-state index contributed by atoms with van der Waals surface area (Å²) in [5.74, 6) is -1.57. The Bertz CT molecular complexity index is 1020. The SMILES string of the molecule is CC[C@H](C(=O)OCC(=O)Nc1ccccc1C(=O)c1ccccc1)c1ccccc1. The van der Waals surface area contributed by atoms with Crippen LogP contribution in [0.1, 0.15) is 40.7 Å². The molecule has 0 fully saturated rings. The largest absolute Gasteiger partial charge is 0.455 e. The smallest absolute Gasteiger partial charge is 0.313 e. The molecule has 0 aliphatic heterocycles. The van der Waals surface area contributed by atoms with Gasteiger partial charge in [0.15, 0.2) is 12.4 Å². The van der Waals surface area contributed by atoms with Crippen LogP contribution in [0.15, 0.2) is 84.9 Å². The molecule has 3 rings (SSSR count). The Labute approximate surface area is 175 Å². The van der Waals surface area contributed by atoms with Gasteiger partial charge in [-0.25, -0.2) is 0 Å². The molecule has 0 aliphatic rings. The standard InChI is InChI=1S/C25H23NO4/c1-2-20(18-11-5-3-6-12-18)25(29)30-17-23(27)26-22-16-10-9-15-21(22)24(28)19-13-7-4-8-14-19/h3-16,20H,2,17H2,1H3,(H,26,27)/t20-/m0/s1. The van der Waals surface area contributed by atoms with E-state index in [0.29, 0.717) is 23.2 Å². The highest BCUT2D eigenvalue weighted by molar-refractivity contribution is 6.13. The first-order valence-electron chi connectivity index (χ1n) is 9.80. The number of nitrogens with one attached hydrogen (secondary N) is 1. The van der Waals surface area contributed by atoms with Crippen LogP contribution in [0.4, 0.5) is 5.69 Å². The maximum Gasteiger partial charge on any atom is 0.313 e. The van der Waals surface area contributed by atoms with Crippen molar-refractivity contribution in [1.29, 1.82) is 0 Å². The maximum absolute atomic E-state index is 12.8. The summed E-state index contributed by atoms with van der Waals surface area (Å²) in [5, 5.41) is 2.68. The van der Waals surface area contributed by atoms with E-state index in [1.165, 1.54) is 0 Å². The Hall–Kier alpha value is -3.73. The van der Waals surface area contributed by atoms with Crippen LogP contribution in [-0.4, -0.2) is 24.3 Å². The third-order valence-corrected chi connectivity index (χ3v) is 4.72. The minimum Gasteiger partial charge on any atom is -0.455 e. The number of ketones is 1. The van der Waals surface area contributed by atoms with Crippen LogP contribution in [0.5, 0.6) is 0 Å². The van der Waals surface area contributed by atoms with Crippen molar-refractivity contribution in [1.82, 2.24) is 0 Å². The molecule has 0 aliphatic carbocycles. The highest BCUT2D eigenvalue weighted by atomic mass is 16.5. The molecule has 0 heterocycles. The second-order valence-electron chi connectivity index (χ2n) is 6.77. The van der Waals surface area contributed by atoms with Gasteiger partial charge in [0, 0.05) is 11.1 Å². The molecule has 0 spiro atoms. The molecular weight excluding hydrogens is 378 g/mol. The average molecular weight is 401 g/mol. The molecule has 0 aromatic heterocycles. The highest BCUT2D eigenvalue weighted by Crippen LogP contribution is 2.21. The summed E-state index contributed by atoms with van der Waals surface area (Å²) >= 11 is 0. The highest BCUT2D eigenvalue weighted by Gasteiger charge is 2.21. The molecule has 1 atom stereocenters. The van der Waals surface area contributed by atoms with Crippen LogP contribution in [0.2, 0.25) is 0 Å². The predicted molar refractivity (Wildman–Crippen MR) is 115 cm³/mol. The van der Waals surface area contributed by atoms with Crippen molar-refractivity contribution in [2.45, 2.75) is 19.3 Å². The van der Waals surface area contributed by atoms with Gasteiger partial charge in [-0.15, -0.1) is 0 Å². The molecule has 0 bridgehead atoms. The zero-order valence-electron chi connectivity index (χ0n) is 16.7. The molecule has 0 saturated carbocycles. The molecule has 0 radical (unpaired) electrons. The number of para-hydroxylation sites is 1. The minimum atomic E-state index is -0.500. The summed E-state index contributed by atoms with van der Waals surface area (Å²) in [6.45, 7) is 1.47. The van der Waals surface area contributed by atoms with Crippen molar-refractivity contribution in [3.8, 4) is 0 Å². The second kappa shape index (κ2) is 10.2. The predicted octanol–water partition coefficient (Wildman–Crippen LogP) is 4.59. The fourth-order valence-corrected chi connectivity index (χ4v) is 3.18. The van der Waals surface area contributed by atoms with Crippen molar-refractivity contribution in [2.75, 3.05) is 11.9 Å². The first kappa shape index (κ1) is 21.0. The van der Waals surface area contributed by atoms with Gasteiger partial charge in [0.1, 0.15) is 0 Å². The topological polar surface area (TPSA) is 72.5 Å². The summed E-state index contributed by atoms with van der Waals surface area (Å²) in [6, 6.07) is 24.9. The molecule has 3 aromatic carbocycles. The summed E-state index contributed by atoms with van der Waals surface area (Å²) in [4.78, 5) is 37.6. The first-order valence-corrected chi connectivity index (χ1v) is 9.80. The number of anilines is 1. The Morgan fingerprint density at radius 1 is 0.833 bits per heavy atom. The fraction of sp³-hybridized carbons (Fsp3) is 0.160. The van der Waals surface area contributed by atoms with E-state index < -0.39 is 24.4 Å². The van der Waals surface area contributed by atoms with Crippen LogP contribution in [-0.2, 0) is 14.3 Å². The number of hydrogen-bond acceptors (Lipinski definition) is 4. The van der Waals surface area contributed by atoms with E-state index >= 15 is 0 Å². The van der Waals surface area contributed by atoms with E-state index in [2.05, 4.69) is 5.32 Å². The normalized spacial score (nSPS) is 11.4. The third-order valence-electron chi connectivity index (χ3n) is 4.72. The number of hydrogen-bond donors (Lipinski definition) is 1. The number of benzene rings is 3. The summed E-state index contributed by atoms with van der Waals surface area (Å²) < 4.78 is 5.23. The lowest BCUT2D eigenvalue weighted by molar-refractivity contribution is -0.149. The van der Waals surface area contributed by atoms with Gasteiger partial charge in [-0.2, -0.15) is 0 Å². The minimum absolute atomic E-state index is 0.196. The molecule has 5 heteroatoms. The number of carbonyl (C=O) groups is 3. The summed E-state index contributed by atoms with van der Waals surface area (Å²) in [6.07, 6.45) is 0.568. The van der Waals surface area contributed by atoms with Crippen molar-refractivity contribution >= 4 is 23.3 Å². The lowest BCUT2D eigenvalue weighted by Crippen LogP contribution is -2.24. The monoisotopic (exact) mass is 401 g/mol. The molecule has 5 nitrogen and oxygen atoms in total. The maximum atomic E-state index is 12.8. The van der Waals surface area contributed by atoms with E-state index in [9.17, 15) is 14.4 Å². The van der Waals surface area contributed by atoms with Gasteiger partial charge >= 0.3 is 5.97 Å². The number of esters is 1. The molecule has 3 aromatic rings. The van der Waals surface area contributed by atoms with Crippen molar-refractivity contribution in [3.05, 3.63) is 102 Å². The van der Waals surface area contributed by atoms with Crippen molar-refractivity contribution in [2.24, 2.45) is 0 Å². The summed E-state index contributed by atoms with van der Waals surface area (Å²) in [5.41, 5.74) is 2.13. The van der Waals surface area contributed by atoms with Crippen molar-refractivity contribution < 1.29 is 19.1 Å². The zero-order chi connectivity index (χ0) is 21.3. The van der Waals surface area contributed by atoms with Gasteiger partial charge in [-0.1, -0.05) is 79.7 Å². The van der Waals surface area contributed by atoms with Crippen molar-refractivity contribution in [3.63, 3.8) is 0 Å². The third kappa shape index (κ3) is 5.20. The molecule has 1 amide bonds. The van der Waals surface area contributed by atoms with Gasteiger partial charge in [-0.05, 0) is 24.1 Å². The average Bonchev–Trinajstić information content (AvgIpc) is 2.79.